The number of amides is 1. The Morgan fingerprint density at radius 1 is 1.58 bits per heavy atom. The number of rotatable bonds is 4. The Hall–Kier alpha value is -0.570. The molecule has 1 rings (SSSR count). The average molecular weight is 170 g/mol. The zero-order valence-corrected chi connectivity index (χ0v) is 8.13. The van der Waals surface area contributed by atoms with Crippen molar-refractivity contribution in [1.29, 1.82) is 0 Å². The van der Waals surface area contributed by atoms with Crippen LogP contribution in [0, 0.1) is 0 Å². The zero-order valence-electron chi connectivity index (χ0n) is 8.13. The van der Waals surface area contributed by atoms with E-state index in [0.717, 1.165) is 0 Å². The molecule has 70 valence electrons. The Kier molecular flexibility index (Phi) is 3.09. The van der Waals surface area contributed by atoms with Gasteiger partial charge in [-0.3, -0.25) is 9.69 Å². The molecule has 0 aliphatic heterocycles. The molecule has 1 N–H and O–H groups in total. The fourth-order valence-electron chi connectivity index (χ4n) is 1.24. The van der Waals surface area contributed by atoms with Crippen LogP contribution in [0.25, 0.3) is 0 Å². The first kappa shape index (κ1) is 9.52. The smallest absolute Gasteiger partial charge is 0.234 e. The standard InChI is InChI=1S/C9H18N2O/c1-7(2)10-9(12)6-11(3)8-4-5-8/h7-8H,4-6H2,1-3H3,(H,10,12). The van der Waals surface area contributed by atoms with Gasteiger partial charge in [-0.15, -0.1) is 0 Å². The lowest BCUT2D eigenvalue weighted by Crippen LogP contribution is -2.39. The van der Waals surface area contributed by atoms with Crippen molar-refractivity contribution in [3.05, 3.63) is 0 Å². The SMILES string of the molecule is CC(C)NC(=O)CN(C)C1CC1. The first-order chi connectivity index (χ1) is 5.59. The fraction of sp³-hybridized carbons (Fsp3) is 0.889. The molecule has 0 unspecified atom stereocenters. The van der Waals surface area contributed by atoms with E-state index in [-0.39, 0.29) is 11.9 Å². The Morgan fingerprint density at radius 2 is 2.17 bits per heavy atom. The molecule has 1 saturated carbocycles. The van der Waals surface area contributed by atoms with Crippen molar-refractivity contribution in [2.45, 2.75) is 38.8 Å². The highest BCUT2D eigenvalue weighted by Gasteiger charge is 2.27. The largest absolute Gasteiger partial charge is 0.353 e. The molecule has 0 aromatic rings. The highest BCUT2D eigenvalue weighted by molar-refractivity contribution is 5.78. The van der Waals surface area contributed by atoms with Crippen LogP contribution in [0.5, 0.6) is 0 Å². The first-order valence-corrected chi connectivity index (χ1v) is 4.59. The first-order valence-electron chi connectivity index (χ1n) is 4.59. The molecule has 0 heterocycles. The Balaban J connectivity index is 2.15. The van der Waals surface area contributed by atoms with Gasteiger partial charge in [0.15, 0.2) is 0 Å². The molecular weight excluding hydrogens is 152 g/mol. The van der Waals surface area contributed by atoms with Gasteiger partial charge in [-0.2, -0.15) is 0 Å². The normalized spacial score (nSPS) is 17.1. The summed E-state index contributed by atoms with van der Waals surface area (Å²) in [6.45, 7) is 4.51. The predicted molar refractivity (Wildman–Crippen MR) is 48.9 cm³/mol. The molecule has 0 aromatic carbocycles. The molecule has 1 aliphatic rings. The number of hydrogen-bond acceptors (Lipinski definition) is 2. The van der Waals surface area contributed by atoms with E-state index in [1.807, 2.05) is 20.9 Å². The minimum absolute atomic E-state index is 0.138. The van der Waals surface area contributed by atoms with Gasteiger partial charge < -0.3 is 5.32 Å². The summed E-state index contributed by atoms with van der Waals surface area (Å²) in [6.07, 6.45) is 2.51. The third-order valence-corrected chi connectivity index (χ3v) is 2.01. The molecule has 3 heteroatoms. The van der Waals surface area contributed by atoms with Gasteiger partial charge in [-0.25, -0.2) is 0 Å². The second-order valence-corrected chi connectivity index (χ2v) is 3.87. The van der Waals surface area contributed by atoms with Crippen molar-refractivity contribution in [2.75, 3.05) is 13.6 Å². The lowest BCUT2D eigenvalue weighted by molar-refractivity contribution is -0.122. The predicted octanol–water partition coefficient (Wildman–Crippen LogP) is 0.605. The highest BCUT2D eigenvalue weighted by atomic mass is 16.2. The van der Waals surface area contributed by atoms with Gasteiger partial charge in [0.2, 0.25) is 5.91 Å². The van der Waals surface area contributed by atoms with E-state index in [1.165, 1.54) is 12.8 Å². The van der Waals surface area contributed by atoms with Crippen molar-refractivity contribution in [1.82, 2.24) is 10.2 Å². The van der Waals surface area contributed by atoms with Gasteiger partial charge in [-0.1, -0.05) is 0 Å². The molecule has 0 aromatic heterocycles. The van der Waals surface area contributed by atoms with Crippen molar-refractivity contribution in [3.63, 3.8) is 0 Å². The molecule has 0 radical (unpaired) electrons. The molecule has 3 nitrogen and oxygen atoms in total. The number of carbonyl (C=O) groups excluding carboxylic acids is 1. The Morgan fingerprint density at radius 3 is 2.58 bits per heavy atom. The monoisotopic (exact) mass is 170 g/mol. The molecule has 1 fully saturated rings. The van der Waals surface area contributed by atoms with Gasteiger partial charge in [-0.05, 0) is 33.7 Å². The van der Waals surface area contributed by atoms with Crippen LogP contribution in [-0.2, 0) is 4.79 Å². The van der Waals surface area contributed by atoms with Gasteiger partial charge in [0, 0.05) is 12.1 Å². The van der Waals surface area contributed by atoms with Crippen LogP contribution in [0.1, 0.15) is 26.7 Å². The second kappa shape index (κ2) is 3.90. The summed E-state index contributed by atoms with van der Waals surface area (Å²) in [5.41, 5.74) is 0. The quantitative estimate of drug-likeness (QED) is 0.670. The van der Waals surface area contributed by atoms with Crippen LogP contribution in [0.2, 0.25) is 0 Å². The van der Waals surface area contributed by atoms with Crippen LogP contribution in [-0.4, -0.2) is 36.5 Å². The topological polar surface area (TPSA) is 32.3 Å². The van der Waals surface area contributed by atoms with E-state index in [9.17, 15) is 4.79 Å². The minimum atomic E-state index is 0.138. The summed E-state index contributed by atoms with van der Waals surface area (Å²) in [5, 5.41) is 2.88. The van der Waals surface area contributed by atoms with Crippen molar-refractivity contribution >= 4 is 5.91 Å². The molecule has 1 aliphatic carbocycles. The van der Waals surface area contributed by atoms with Crippen LogP contribution >= 0.6 is 0 Å². The number of nitrogens with zero attached hydrogens (tertiary/aromatic N) is 1. The maximum absolute atomic E-state index is 11.2. The molecule has 1 amide bonds. The van der Waals surface area contributed by atoms with E-state index >= 15 is 0 Å². The lowest BCUT2D eigenvalue weighted by atomic mass is 10.4. The summed E-state index contributed by atoms with van der Waals surface area (Å²) in [5.74, 6) is 0.138. The number of hydrogen-bond donors (Lipinski definition) is 1. The van der Waals surface area contributed by atoms with E-state index in [0.29, 0.717) is 12.6 Å². The molecule has 0 spiro atoms. The van der Waals surface area contributed by atoms with Crippen molar-refractivity contribution in [2.24, 2.45) is 0 Å². The molecule has 0 saturated heterocycles. The molecular formula is C9H18N2O. The zero-order chi connectivity index (χ0) is 9.14. The second-order valence-electron chi connectivity index (χ2n) is 3.87. The third kappa shape index (κ3) is 3.22. The maximum atomic E-state index is 11.2. The summed E-state index contributed by atoms with van der Waals surface area (Å²) in [7, 11) is 2.01. The molecule has 0 bridgehead atoms. The van der Waals surface area contributed by atoms with E-state index in [2.05, 4.69) is 10.2 Å². The van der Waals surface area contributed by atoms with Crippen molar-refractivity contribution < 1.29 is 4.79 Å². The van der Waals surface area contributed by atoms with Gasteiger partial charge in [0.05, 0.1) is 6.54 Å². The van der Waals surface area contributed by atoms with E-state index < -0.39 is 0 Å². The van der Waals surface area contributed by atoms with Gasteiger partial charge in [0.25, 0.3) is 0 Å². The molecule has 0 atom stereocenters. The number of likely N-dealkylation sites (N-methyl/N-ethyl adjacent to an activating group) is 1. The minimum Gasteiger partial charge on any atom is -0.353 e. The summed E-state index contributed by atoms with van der Waals surface area (Å²) in [6, 6.07) is 0.924. The van der Waals surface area contributed by atoms with E-state index in [1.54, 1.807) is 0 Å². The maximum Gasteiger partial charge on any atom is 0.234 e. The Bertz CT molecular complexity index is 164. The van der Waals surface area contributed by atoms with Crippen LogP contribution in [0.3, 0.4) is 0 Å². The van der Waals surface area contributed by atoms with Crippen molar-refractivity contribution in [3.8, 4) is 0 Å². The van der Waals surface area contributed by atoms with Crippen LogP contribution in [0.4, 0.5) is 0 Å². The summed E-state index contributed by atoms with van der Waals surface area (Å²) >= 11 is 0. The van der Waals surface area contributed by atoms with Gasteiger partial charge in [0.1, 0.15) is 0 Å². The third-order valence-electron chi connectivity index (χ3n) is 2.01. The summed E-state index contributed by atoms with van der Waals surface area (Å²) < 4.78 is 0. The van der Waals surface area contributed by atoms with Gasteiger partial charge >= 0.3 is 0 Å². The lowest BCUT2D eigenvalue weighted by Gasteiger charge is -2.16. The summed E-state index contributed by atoms with van der Waals surface area (Å²) in [4.78, 5) is 13.4. The average Bonchev–Trinajstić information content (AvgIpc) is 2.63. The van der Waals surface area contributed by atoms with Crippen LogP contribution in [0.15, 0.2) is 0 Å². The molecule has 12 heavy (non-hydrogen) atoms. The Labute approximate surface area is 74.1 Å². The highest BCUT2D eigenvalue weighted by Crippen LogP contribution is 2.24. The fourth-order valence-corrected chi connectivity index (χ4v) is 1.24. The van der Waals surface area contributed by atoms with E-state index in [4.69, 9.17) is 0 Å². The number of carbonyl (C=O) groups is 1. The van der Waals surface area contributed by atoms with Crippen LogP contribution < -0.4 is 5.32 Å². The number of nitrogens with one attached hydrogen (secondary N) is 1.